The Morgan fingerprint density at radius 3 is 2.13 bits per heavy atom. The Morgan fingerprint density at radius 1 is 0.968 bits per heavy atom. The Kier molecular flexibility index (Phi) is 6.43. The van der Waals surface area contributed by atoms with Crippen LogP contribution in [0.5, 0.6) is 0 Å². The van der Waals surface area contributed by atoms with Crippen LogP contribution in [0.1, 0.15) is 29.6 Å². The highest BCUT2D eigenvalue weighted by Gasteiger charge is 2.26. The Morgan fingerprint density at radius 2 is 1.58 bits per heavy atom. The minimum absolute atomic E-state index is 0.0992. The fourth-order valence-corrected chi connectivity index (χ4v) is 5.39. The molecular formula is C19H21N3O7S2. The van der Waals surface area contributed by atoms with Gasteiger partial charge < -0.3 is 5.32 Å². The van der Waals surface area contributed by atoms with Gasteiger partial charge in [-0.05, 0) is 43.2 Å². The van der Waals surface area contributed by atoms with Gasteiger partial charge in [0, 0.05) is 42.7 Å². The van der Waals surface area contributed by atoms with Gasteiger partial charge in [0.25, 0.3) is 11.6 Å². The van der Waals surface area contributed by atoms with E-state index in [1.54, 1.807) is 0 Å². The van der Waals surface area contributed by atoms with Crippen molar-refractivity contribution in [2.75, 3.05) is 24.7 Å². The molecule has 0 radical (unpaired) electrons. The summed E-state index contributed by atoms with van der Waals surface area (Å²) in [6.45, 7) is 0.937. The fourth-order valence-electron chi connectivity index (χ4n) is 3.20. The average Bonchev–Trinajstić information content (AvgIpc) is 2.73. The SMILES string of the molecule is CS(=O)(=O)c1cc(C(=O)Nc2ccc(S(=O)(=O)N3CCCCC3)cc2)cc([N+](=O)[O-])c1. The fraction of sp³-hybridized carbons (Fsp3) is 0.316. The number of nitro benzene ring substituents is 1. The van der Waals surface area contributed by atoms with Gasteiger partial charge >= 0.3 is 0 Å². The van der Waals surface area contributed by atoms with Crippen molar-refractivity contribution in [3.05, 3.63) is 58.1 Å². The lowest BCUT2D eigenvalue weighted by Crippen LogP contribution is -2.35. The largest absolute Gasteiger partial charge is 0.322 e. The first kappa shape index (κ1) is 22.8. The first-order chi connectivity index (χ1) is 14.5. The average molecular weight is 468 g/mol. The van der Waals surface area contributed by atoms with E-state index in [-0.39, 0.29) is 21.0 Å². The van der Waals surface area contributed by atoms with Crippen molar-refractivity contribution in [1.82, 2.24) is 4.31 Å². The van der Waals surface area contributed by atoms with Crippen LogP contribution in [0.3, 0.4) is 0 Å². The number of hydrogen-bond acceptors (Lipinski definition) is 7. The summed E-state index contributed by atoms with van der Waals surface area (Å²) in [4.78, 5) is 22.6. The predicted molar refractivity (Wildman–Crippen MR) is 113 cm³/mol. The molecule has 0 aromatic heterocycles. The third-order valence-corrected chi connectivity index (χ3v) is 7.86. The molecule has 0 unspecified atom stereocenters. The van der Waals surface area contributed by atoms with Crippen LogP contribution in [-0.2, 0) is 19.9 Å². The number of carbonyl (C=O) groups excluding carboxylic acids is 1. The molecule has 1 N–H and O–H groups in total. The molecule has 0 saturated carbocycles. The maximum atomic E-state index is 12.7. The second kappa shape index (κ2) is 8.73. The number of carbonyl (C=O) groups is 1. The standard InChI is InChI=1S/C19H21N3O7S2/c1-30(26,27)18-12-14(11-16(13-18)22(24)25)19(23)20-15-5-7-17(8-6-15)31(28,29)21-9-3-2-4-10-21/h5-8,11-13H,2-4,9-10H2,1H3,(H,20,23). The Labute approximate surface area is 180 Å². The molecule has 0 bridgehead atoms. The Bertz CT molecular complexity index is 1220. The summed E-state index contributed by atoms with van der Waals surface area (Å²) < 4.78 is 50.4. The molecule has 1 heterocycles. The van der Waals surface area contributed by atoms with Crippen LogP contribution < -0.4 is 5.32 Å². The molecule has 1 fully saturated rings. The van der Waals surface area contributed by atoms with Crippen LogP contribution in [0.4, 0.5) is 11.4 Å². The lowest BCUT2D eigenvalue weighted by molar-refractivity contribution is -0.385. The minimum Gasteiger partial charge on any atom is -0.322 e. The number of amides is 1. The van der Waals surface area contributed by atoms with Crippen molar-refractivity contribution in [1.29, 1.82) is 0 Å². The van der Waals surface area contributed by atoms with E-state index in [0.717, 1.165) is 43.7 Å². The van der Waals surface area contributed by atoms with Crippen molar-refractivity contribution in [2.45, 2.75) is 29.1 Å². The first-order valence-corrected chi connectivity index (χ1v) is 12.7. The molecular weight excluding hydrogens is 446 g/mol. The monoisotopic (exact) mass is 467 g/mol. The summed E-state index contributed by atoms with van der Waals surface area (Å²) in [5.41, 5.74) is -0.481. The number of anilines is 1. The summed E-state index contributed by atoms with van der Waals surface area (Å²) >= 11 is 0. The van der Waals surface area contributed by atoms with Gasteiger partial charge in [0.2, 0.25) is 10.0 Å². The van der Waals surface area contributed by atoms with Crippen LogP contribution in [0.25, 0.3) is 0 Å². The zero-order valence-corrected chi connectivity index (χ0v) is 18.3. The van der Waals surface area contributed by atoms with E-state index in [4.69, 9.17) is 0 Å². The molecule has 1 aliphatic heterocycles. The molecule has 0 aliphatic carbocycles. The smallest absolute Gasteiger partial charge is 0.271 e. The van der Waals surface area contributed by atoms with Crippen molar-refractivity contribution in [3.63, 3.8) is 0 Å². The number of piperidine rings is 1. The highest BCUT2D eigenvalue weighted by atomic mass is 32.2. The van der Waals surface area contributed by atoms with Gasteiger partial charge in [0.05, 0.1) is 14.7 Å². The number of non-ortho nitro benzene ring substituents is 1. The Hall–Kier alpha value is -2.83. The number of nitrogens with one attached hydrogen (secondary N) is 1. The molecule has 3 rings (SSSR count). The predicted octanol–water partition coefficient (Wildman–Crippen LogP) is 2.43. The molecule has 31 heavy (non-hydrogen) atoms. The van der Waals surface area contributed by atoms with Gasteiger partial charge in [-0.3, -0.25) is 14.9 Å². The first-order valence-electron chi connectivity index (χ1n) is 9.39. The minimum atomic E-state index is -3.78. The van der Waals surface area contributed by atoms with Crippen LogP contribution in [-0.4, -0.2) is 51.3 Å². The van der Waals surface area contributed by atoms with E-state index < -0.39 is 36.4 Å². The van der Waals surface area contributed by atoms with Gasteiger partial charge in [-0.25, -0.2) is 16.8 Å². The number of nitro groups is 1. The third kappa shape index (κ3) is 5.27. The van der Waals surface area contributed by atoms with Crippen molar-refractivity contribution < 1.29 is 26.6 Å². The van der Waals surface area contributed by atoms with Gasteiger partial charge in [-0.1, -0.05) is 6.42 Å². The molecule has 1 saturated heterocycles. The molecule has 1 aliphatic rings. The lowest BCUT2D eigenvalue weighted by atomic mass is 10.2. The lowest BCUT2D eigenvalue weighted by Gasteiger charge is -2.25. The van der Waals surface area contributed by atoms with Gasteiger partial charge in [-0.2, -0.15) is 4.31 Å². The Balaban J connectivity index is 1.83. The number of rotatable bonds is 6. The number of benzene rings is 2. The molecule has 2 aromatic rings. The van der Waals surface area contributed by atoms with Crippen LogP contribution in [0.15, 0.2) is 52.3 Å². The van der Waals surface area contributed by atoms with Gasteiger partial charge in [-0.15, -0.1) is 0 Å². The van der Waals surface area contributed by atoms with Crippen LogP contribution in [0.2, 0.25) is 0 Å². The number of sulfone groups is 1. The second-order valence-corrected chi connectivity index (χ2v) is 11.1. The number of nitrogens with zero attached hydrogens (tertiary/aromatic N) is 2. The summed E-state index contributed by atoms with van der Waals surface area (Å²) in [5, 5.41) is 13.6. The third-order valence-electron chi connectivity index (χ3n) is 4.86. The van der Waals surface area contributed by atoms with E-state index in [1.807, 2.05) is 0 Å². The quantitative estimate of drug-likeness (QED) is 0.507. The number of sulfonamides is 1. The molecule has 1 amide bonds. The summed E-state index contributed by atoms with van der Waals surface area (Å²) in [7, 11) is -7.39. The summed E-state index contributed by atoms with van der Waals surface area (Å²) in [6.07, 6.45) is 3.50. The highest BCUT2D eigenvalue weighted by molar-refractivity contribution is 7.90. The van der Waals surface area contributed by atoms with E-state index in [1.165, 1.54) is 28.6 Å². The van der Waals surface area contributed by atoms with Crippen LogP contribution >= 0.6 is 0 Å². The molecule has 166 valence electrons. The molecule has 10 nitrogen and oxygen atoms in total. The molecule has 0 atom stereocenters. The van der Waals surface area contributed by atoms with Crippen LogP contribution in [0, 0.1) is 10.1 Å². The van der Waals surface area contributed by atoms with E-state index >= 15 is 0 Å². The van der Waals surface area contributed by atoms with Gasteiger partial charge in [0.15, 0.2) is 9.84 Å². The maximum absolute atomic E-state index is 12.7. The zero-order valence-electron chi connectivity index (χ0n) is 16.6. The molecule has 2 aromatic carbocycles. The van der Waals surface area contributed by atoms with Crippen molar-refractivity contribution in [3.8, 4) is 0 Å². The van der Waals surface area contributed by atoms with Gasteiger partial charge in [0.1, 0.15) is 0 Å². The highest BCUT2D eigenvalue weighted by Crippen LogP contribution is 2.24. The topological polar surface area (TPSA) is 144 Å². The maximum Gasteiger partial charge on any atom is 0.271 e. The summed E-state index contributed by atoms with van der Waals surface area (Å²) in [6, 6.07) is 8.45. The molecule has 12 heteroatoms. The van der Waals surface area contributed by atoms with E-state index in [0.29, 0.717) is 13.1 Å². The van der Waals surface area contributed by atoms with Crippen molar-refractivity contribution >= 4 is 37.1 Å². The van der Waals surface area contributed by atoms with E-state index in [2.05, 4.69) is 5.32 Å². The second-order valence-electron chi connectivity index (χ2n) is 7.19. The zero-order chi connectivity index (χ0) is 22.8. The summed E-state index contributed by atoms with van der Waals surface area (Å²) in [5.74, 6) is -0.764. The normalized spacial score (nSPS) is 15.4. The van der Waals surface area contributed by atoms with Crippen molar-refractivity contribution in [2.24, 2.45) is 0 Å². The van der Waals surface area contributed by atoms with E-state index in [9.17, 15) is 31.7 Å². The number of hydrogen-bond donors (Lipinski definition) is 1. The molecule has 0 spiro atoms.